The zero-order valence-corrected chi connectivity index (χ0v) is 10.4. The van der Waals surface area contributed by atoms with E-state index in [9.17, 15) is 9.18 Å². The van der Waals surface area contributed by atoms with Gasteiger partial charge in [0.05, 0.1) is 0 Å². The van der Waals surface area contributed by atoms with Crippen molar-refractivity contribution in [1.82, 2.24) is 0 Å². The molecule has 0 N–H and O–H groups in total. The van der Waals surface area contributed by atoms with Crippen LogP contribution in [0.3, 0.4) is 0 Å². The number of esters is 1. The minimum atomic E-state index is -0.534. The maximum Gasteiger partial charge on any atom is 0.363 e. The number of rotatable bonds is 2. The van der Waals surface area contributed by atoms with Gasteiger partial charge in [-0.15, -0.1) is 0 Å². The van der Waals surface area contributed by atoms with Crippen molar-refractivity contribution in [2.45, 2.75) is 0 Å². The maximum absolute atomic E-state index is 13.1. The lowest BCUT2D eigenvalue weighted by atomic mass is 10.2. The van der Waals surface area contributed by atoms with Gasteiger partial charge in [0.2, 0.25) is 5.90 Å². The fraction of sp³-hybridized carbons (Fsp3) is 0. The second-order valence-corrected chi connectivity index (χ2v) is 4.26. The number of nitrogens with zero attached hydrogens (tertiary/aromatic N) is 1. The quantitative estimate of drug-likeness (QED) is 0.619. The fourth-order valence-corrected chi connectivity index (χ4v) is 1.87. The van der Waals surface area contributed by atoms with Gasteiger partial charge < -0.3 is 4.74 Å². The van der Waals surface area contributed by atoms with E-state index in [-0.39, 0.29) is 17.4 Å². The number of hydrogen-bond acceptors (Lipinski definition) is 3. The lowest BCUT2D eigenvalue weighted by Crippen LogP contribution is -2.04. The van der Waals surface area contributed by atoms with E-state index in [1.165, 1.54) is 18.2 Å². The van der Waals surface area contributed by atoms with E-state index < -0.39 is 5.97 Å². The van der Waals surface area contributed by atoms with Gasteiger partial charge in [-0.3, -0.25) is 0 Å². The molecule has 1 aliphatic rings. The molecule has 2 aromatic carbocycles. The van der Waals surface area contributed by atoms with Gasteiger partial charge in [0.1, 0.15) is 5.82 Å². The predicted octanol–water partition coefficient (Wildman–Crippen LogP) is 3.17. The van der Waals surface area contributed by atoms with Crippen molar-refractivity contribution in [3.05, 3.63) is 77.2 Å². The molecule has 0 saturated carbocycles. The normalized spacial score (nSPS) is 16.1. The highest BCUT2D eigenvalue weighted by atomic mass is 19.1. The smallest absolute Gasteiger partial charge is 0.363 e. The van der Waals surface area contributed by atoms with E-state index in [2.05, 4.69) is 4.99 Å². The van der Waals surface area contributed by atoms with Crippen molar-refractivity contribution in [2.24, 2.45) is 4.99 Å². The van der Waals surface area contributed by atoms with Crippen LogP contribution in [-0.2, 0) is 9.53 Å². The van der Waals surface area contributed by atoms with Crippen LogP contribution >= 0.6 is 0 Å². The first-order chi connectivity index (χ1) is 9.72. The molecule has 0 aliphatic carbocycles. The first-order valence-electron chi connectivity index (χ1n) is 6.06. The van der Waals surface area contributed by atoms with Crippen molar-refractivity contribution in [2.75, 3.05) is 0 Å². The Hall–Kier alpha value is -2.75. The molecule has 0 radical (unpaired) electrons. The van der Waals surface area contributed by atoms with Gasteiger partial charge in [-0.05, 0) is 35.9 Å². The summed E-state index contributed by atoms with van der Waals surface area (Å²) in [6, 6.07) is 15.1. The molecule has 0 fully saturated rings. The maximum atomic E-state index is 13.1. The number of carbonyl (C=O) groups is 1. The Kier molecular flexibility index (Phi) is 3.13. The van der Waals surface area contributed by atoms with Crippen molar-refractivity contribution in [1.29, 1.82) is 0 Å². The SMILES string of the molecule is O=C1OC(c2ccccc2)=N/C1=C/c1cccc(F)c1. The standard InChI is InChI=1S/C16H10FNO2/c17-13-8-4-5-11(9-13)10-14-16(19)20-15(18-14)12-6-2-1-3-7-12/h1-10H/b14-10+. The van der Waals surface area contributed by atoms with Crippen molar-refractivity contribution in [3.8, 4) is 0 Å². The fourth-order valence-electron chi connectivity index (χ4n) is 1.87. The molecule has 20 heavy (non-hydrogen) atoms. The topological polar surface area (TPSA) is 38.7 Å². The van der Waals surface area contributed by atoms with E-state index in [1.807, 2.05) is 18.2 Å². The molecule has 1 aliphatic heterocycles. The molecular weight excluding hydrogens is 257 g/mol. The first kappa shape index (κ1) is 12.3. The van der Waals surface area contributed by atoms with Crippen LogP contribution in [0.4, 0.5) is 4.39 Å². The molecule has 3 nitrogen and oxygen atoms in total. The summed E-state index contributed by atoms with van der Waals surface area (Å²) in [5, 5.41) is 0. The van der Waals surface area contributed by atoms with E-state index in [0.717, 1.165) is 5.56 Å². The van der Waals surface area contributed by atoms with Gasteiger partial charge in [-0.2, -0.15) is 0 Å². The second-order valence-electron chi connectivity index (χ2n) is 4.26. The van der Waals surface area contributed by atoms with Crippen LogP contribution in [0.1, 0.15) is 11.1 Å². The Morgan fingerprint density at radius 1 is 1.05 bits per heavy atom. The number of carbonyl (C=O) groups excluding carboxylic acids is 1. The van der Waals surface area contributed by atoms with Gasteiger partial charge in [0.25, 0.3) is 0 Å². The summed E-state index contributed by atoms with van der Waals surface area (Å²) in [5.41, 5.74) is 1.45. The summed E-state index contributed by atoms with van der Waals surface area (Å²) < 4.78 is 18.2. The molecule has 0 aromatic heterocycles. The van der Waals surface area contributed by atoms with Crippen molar-refractivity contribution in [3.63, 3.8) is 0 Å². The molecule has 0 saturated heterocycles. The van der Waals surface area contributed by atoms with Crippen LogP contribution in [-0.4, -0.2) is 11.9 Å². The lowest BCUT2D eigenvalue weighted by Gasteiger charge is -1.97. The van der Waals surface area contributed by atoms with E-state index in [4.69, 9.17) is 4.74 Å². The molecule has 98 valence electrons. The monoisotopic (exact) mass is 267 g/mol. The Morgan fingerprint density at radius 2 is 1.85 bits per heavy atom. The summed E-state index contributed by atoms with van der Waals surface area (Å²) in [4.78, 5) is 15.9. The third-order valence-electron chi connectivity index (χ3n) is 2.79. The molecular formula is C16H10FNO2. The summed E-state index contributed by atoms with van der Waals surface area (Å²) in [6.45, 7) is 0. The minimum absolute atomic E-state index is 0.162. The van der Waals surface area contributed by atoms with Crippen LogP contribution in [0.15, 0.2) is 65.3 Å². The zero-order chi connectivity index (χ0) is 13.9. The largest absolute Gasteiger partial charge is 0.402 e. The molecule has 0 spiro atoms. The van der Waals surface area contributed by atoms with Gasteiger partial charge in [0.15, 0.2) is 5.70 Å². The Labute approximate surface area is 115 Å². The van der Waals surface area contributed by atoms with E-state index >= 15 is 0 Å². The molecule has 0 bridgehead atoms. The highest BCUT2D eigenvalue weighted by molar-refractivity contribution is 6.12. The lowest BCUT2D eigenvalue weighted by molar-refractivity contribution is -0.129. The number of cyclic esters (lactones) is 1. The second kappa shape index (κ2) is 5.09. The van der Waals surface area contributed by atoms with Crippen LogP contribution in [0.2, 0.25) is 0 Å². The van der Waals surface area contributed by atoms with Crippen LogP contribution in [0, 0.1) is 5.82 Å². The van der Waals surface area contributed by atoms with Gasteiger partial charge >= 0.3 is 5.97 Å². The minimum Gasteiger partial charge on any atom is -0.402 e. The Bertz CT molecular complexity index is 720. The third-order valence-corrected chi connectivity index (χ3v) is 2.79. The van der Waals surface area contributed by atoms with E-state index in [1.54, 1.807) is 24.3 Å². The van der Waals surface area contributed by atoms with E-state index in [0.29, 0.717) is 5.56 Å². The van der Waals surface area contributed by atoms with Crippen molar-refractivity contribution < 1.29 is 13.9 Å². The Morgan fingerprint density at radius 3 is 2.60 bits per heavy atom. The highest BCUT2D eigenvalue weighted by Gasteiger charge is 2.23. The van der Waals surface area contributed by atoms with Gasteiger partial charge in [0, 0.05) is 5.56 Å². The molecule has 1 heterocycles. The molecule has 4 heteroatoms. The summed E-state index contributed by atoms with van der Waals surface area (Å²) >= 11 is 0. The molecule has 2 aromatic rings. The molecule has 0 atom stereocenters. The number of aliphatic imine (C=N–C) groups is 1. The molecule has 0 amide bonds. The van der Waals surface area contributed by atoms with Crippen LogP contribution in [0.5, 0.6) is 0 Å². The summed E-state index contributed by atoms with van der Waals surface area (Å²) in [5.74, 6) is -0.635. The van der Waals surface area contributed by atoms with Crippen LogP contribution in [0.25, 0.3) is 6.08 Å². The van der Waals surface area contributed by atoms with Crippen molar-refractivity contribution >= 4 is 17.9 Å². The number of halogens is 1. The number of ether oxygens (including phenoxy) is 1. The molecule has 0 unspecified atom stereocenters. The summed E-state index contributed by atoms with van der Waals surface area (Å²) in [7, 11) is 0. The van der Waals surface area contributed by atoms with Gasteiger partial charge in [-0.1, -0.05) is 30.3 Å². The third kappa shape index (κ3) is 2.49. The number of hydrogen-bond donors (Lipinski definition) is 0. The average Bonchev–Trinajstić information content (AvgIpc) is 2.81. The Balaban J connectivity index is 1.95. The molecule has 3 rings (SSSR count). The van der Waals surface area contributed by atoms with Crippen LogP contribution < -0.4 is 0 Å². The zero-order valence-electron chi connectivity index (χ0n) is 10.4. The first-order valence-corrected chi connectivity index (χ1v) is 6.06. The highest BCUT2D eigenvalue weighted by Crippen LogP contribution is 2.19. The predicted molar refractivity (Wildman–Crippen MR) is 73.4 cm³/mol. The average molecular weight is 267 g/mol. The van der Waals surface area contributed by atoms with Gasteiger partial charge in [-0.25, -0.2) is 14.2 Å². The summed E-state index contributed by atoms with van der Waals surface area (Å²) in [6.07, 6.45) is 1.50. The number of benzene rings is 2.